The largest absolute Gasteiger partial charge is 0.341 e. The molecule has 0 aliphatic heterocycles. The minimum absolute atomic E-state index is 0.0871. The third-order valence-corrected chi connectivity index (χ3v) is 4.61. The highest BCUT2D eigenvalue weighted by molar-refractivity contribution is 7.98. The first-order chi connectivity index (χ1) is 12.1. The van der Waals surface area contributed by atoms with Crippen molar-refractivity contribution in [2.45, 2.75) is 5.03 Å². The van der Waals surface area contributed by atoms with Crippen LogP contribution in [0, 0.1) is 11.3 Å². The molecule has 2 aromatic carbocycles. The molecule has 25 heavy (non-hydrogen) atoms. The smallest absolute Gasteiger partial charge is 0.267 e. The van der Waals surface area contributed by atoms with Gasteiger partial charge in [0.1, 0.15) is 16.7 Å². The van der Waals surface area contributed by atoms with E-state index in [0.29, 0.717) is 21.4 Å². The van der Waals surface area contributed by atoms with Crippen LogP contribution in [0.1, 0.15) is 5.56 Å². The van der Waals surface area contributed by atoms with Crippen LogP contribution in [0.15, 0.2) is 69.2 Å². The van der Waals surface area contributed by atoms with Crippen LogP contribution in [0.2, 0.25) is 5.02 Å². The summed E-state index contributed by atoms with van der Waals surface area (Å²) in [4.78, 5) is 25.9. The van der Waals surface area contributed by atoms with Gasteiger partial charge in [-0.1, -0.05) is 35.9 Å². The van der Waals surface area contributed by atoms with Crippen molar-refractivity contribution in [2.24, 2.45) is 0 Å². The van der Waals surface area contributed by atoms with Gasteiger partial charge in [0.05, 0.1) is 11.4 Å². The number of nitriles is 1. The van der Waals surface area contributed by atoms with E-state index < -0.39 is 11.2 Å². The van der Waals surface area contributed by atoms with Crippen LogP contribution in [-0.2, 0) is 0 Å². The van der Waals surface area contributed by atoms with Gasteiger partial charge in [0.2, 0.25) is 0 Å². The summed E-state index contributed by atoms with van der Waals surface area (Å²) in [5.41, 5.74) is -0.412. The van der Waals surface area contributed by atoms with Crippen molar-refractivity contribution in [1.82, 2.24) is 9.13 Å². The second-order valence-electron chi connectivity index (χ2n) is 5.07. The van der Waals surface area contributed by atoms with Crippen LogP contribution in [0.25, 0.3) is 11.4 Å². The Bertz CT molecular complexity index is 1100. The molecule has 0 aliphatic carbocycles. The molecule has 1 aromatic heterocycles. The standard InChI is InChI=1S/C18H12ClN3O2S/c1-25-17-15(11-20)16(23)21(14-9-5-6-12(19)10-14)18(24)22(17)13-7-3-2-4-8-13/h2-10H,1H3. The number of aromatic nitrogens is 2. The maximum absolute atomic E-state index is 13.1. The molecule has 0 unspecified atom stereocenters. The summed E-state index contributed by atoms with van der Waals surface area (Å²) in [7, 11) is 0. The minimum atomic E-state index is -0.661. The zero-order valence-electron chi connectivity index (χ0n) is 13.1. The van der Waals surface area contributed by atoms with E-state index in [0.717, 1.165) is 4.57 Å². The lowest BCUT2D eigenvalue weighted by Gasteiger charge is -2.15. The monoisotopic (exact) mass is 369 g/mol. The van der Waals surface area contributed by atoms with E-state index in [-0.39, 0.29) is 5.56 Å². The van der Waals surface area contributed by atoms with Gasteiger partial charge in [-0.2, -0.15) is 5.26 Å². The Balaban J connectivity index is 2.49. The molecule has 3 rings (SSSR count). The first kappa shape index (κ1) is 17.1. The van der Waals surface area contributed by atoms with Gasteiger partial charge in [-0.05, 0) is 36.6 Å². The molecule has 0 saturated carbocycles. The van der Waals surface area contributed by atoms with Gasteiger partial charge in [-0.25, -0.2) is 9.36 Å². The quantitative estimate of drug-likeness (QED) is 0.525. The predicted octanol–water partition coefficient (Wildman–Crippen LogP) is 3.24. The molecular weight excluding hydrogens is 358 g/mol. The van der Waals surface area contributed by atoms with Crippen molar-refractivity contribution in [3.05, 3.63) is 86.0 Å². The Morgan fingerprint density at radius 2 is 1.68 bits per heavy atom. The zero-order chi connectivity index (χ0) is 18.0. The Morgan fingerprint density at radius 3 is 2.28 bits per heavy atom. The molecule has 0 saturated heterocycles. The van der Waals surface area contributed by atoms with Gasteiger partial charge in [0.25, 0.3) is 5.56 Å². The summed E-state index contributed by atoms with van der Waals surface area (Å²) in [6.07, 6.45) is 1.72. The molecule has 1 heterocycles. The molecule has 7 heteroatoms. The normalized spacial score (nSPS) is 10.4. The third kappa shape index (κ3) is 3.00. The van der Waals surface area contributed by atoms with Gasteiger partial charge in [-0.3, -0.25) is 9.36 Å². The Hall–Kier alpha value is -2.75. The molecule has 0 spiro atoms. The van der Waals surface area contributed by atoms with Crippen LogP contribution in [-0.4, -0.2) is 15.4 Å². The molecule has 0 radical (unpaired) electrons. The maximum Gasteiger partial charge on any atom is 0.341 e. The van der Waals surface area contributed by atoms with Crippen LogP contribution in [0.5, 0.6) is 0 Å². The van der Waals surface area contributed by atoms with E-state index in [1.54, 1.807) is 48.7 Å². The number of hydrogen-bond donors (Lipinski definition) is 0. The fourth-order valence-corrected chi connectivity index (χ4v) is 3.41. The molecule has 0 N–H and O–H groups in total. The maximum atomic E-state index is 13.1. The first-order valence-corrected chi connectivity index (χ1v) is 8.86. The summed E-state index contributed by atoms with van der Waals surface area (Å²) < 4.78 is 2.34. The van der Waals surface area contributed by atoms with Crippen LogP contribution in [0.3, 0.4) is 0 Å². The van der Waals surface area contributed by atoms with E-state index in [9.17, 15) is 14.9 Å². The molecule has 0 amide bonds. The van der Waals surface area contributed by atoms with Gasteiger partial charge < -0.3 is 0 Å². The first-order valence-electron chi connectivity index (χ1n) is 7.26. The fourth-order valence-electron chi connectivity index (χ4n) is 2.53. The number of para-hydroxylation sites is 1. The van der Waals surface area contributed by atoms with E-state index >= 15 is 0 Å². The highest BCUT2D eigenvalue weighted by Crippen LogP contribution is 2.21. The van der Waals surface area contributed by atoms with E-state index in [2.05, 4.69) is 0 Å². The van der Waals surface area contributed by atoms with Crippen molar-refractivity contribution in [2.75, 3.05) is 6.26 Å². The Kier molecular flexibility index (Phi) is 4.79. The average Bonchev–Trinajstić information content (AvgIpc) is 2.62. The summed E-state index contributed by atoms with van der Waals surface area (Å²) in [6.45, 7) is 0. The lowest BCUT2D eigenvalue weighted by Crippen LogP contribution is -2.40. The molecule has 0 bridgehead atoms. The molecular formula is C18H12ClN3O2S. The van der Waals surface area contributed by atoms with Crippen molar-refractivity contribution in [3.63, 3.8) is 0 Å². The molecule has 0 aliphatic rings. The second-order valence-corrected chi connectivity index (χ2v) is 6.30. The van der Waals surface area contributed by atoms with Crippen molar-refractivity contribution in [3.8, 4) is 17.4 Å². The van der Waals surface area contributed by atoms with Crippen molar-refractivity contribution >= 4 is 23.4 Å². The number of benzene rings is 2. The number of nitrogens with zero attached hydrogens (tertiary/aromatic N) is 3. The van der Waals surface area contributed by atoms with E-state index in [4.69, 9.17) is 11.6 Å². The second kappa shape index (κ2) is 7.01. The van der Waals surface area contributed by atoms with Crippen LogP contribution < -0.4 is 11.2 Å². The number of halogens is 1. The van der Waals surface area contributed by atoms with Crippen molar-refractivity contribution < 1.29 is 0 Å². The Morgan fingerprint density at radius 1 is 1.00 bits per heavy atom. The average molecular weight is 370 g/mol. The Labute approximate surface area is 152 Å². The number of hydrogen-bond acceptors (Lipinski definition) is 4. The number of rotatable bonds is 3. The van der Waals surface area contributed by atoms with Crippen molar-refractivity contribution in [1.29, 1.82) is 5.26 Å². The molecule has 5 nitrogen and oxygen atoms in total. The van der Waals surface area contributed by atoms with Crippen LogP contribution in [0.4, 0.5) is 0 Å². The van der Waals surface area contributed by atoms with Gasteiger partial charge in [-0.15, -0.1) is 11.8 Å². The number of thioether (sulfide) groups is 1. The SMILES string of the molecule is CSc1c(C#N)c(=O)n(-c2cccc(Cl)c2)c(=O)n1-c1ccccc1. The highest BCUT2D eigenvalue weighted by Gasteiger charge is 2.20. The highest BCUT2D eigenvalue weighted by atomic mass is 35.5. The minimum Gasteiger partial charge on any atom is -0.267 e. The van der Waals surface area contributed by atoms with E-state index in [1.165, 1.54) is 22.4 Å². The molecule has 0 atom stereocenters. The summed E-state index contributed by atoms with van der Waals surface area (Å²) in [5, 5.41) is 10.2. The summed E-state index contributed by atoms with van der Waals surface area (Å²) in [6, 6.07) is 17.2. The molecule has 0 fully saturated rings. The lowest BCUT2D eigenvalue weighted by atomic mass is 10.2. The zero-order valence-corrected chi connectivity index (χ0v) is 14.7. The van der Waals surface area contributed by atoms with Gasteiger partial charge in [0.15, 0.2) is 0 Å². The fraction of sp³-hybridized carbons (Fsp3) is 0.0556. The summed E-state index contributed by atoms with van der Waals surface area (Å²) in [5.74, 6) is 0. The molecule has 3 aromatic rings. The predicted molar refractivity (Wildman–Crippen MR) is 99.1 cm³/mol. The van der Waals surface area contributed by atoms with E-state index in [1.807, 2.05) is 12.1 Å². The van der Waals surface area contributed by atoms with Gasteiger partial charge in [0, 0.05) is 5.02 Å². The molecule has 124 valence electrons. The van der Waals surface area contributed by atoms with Crippen LogP contribution >= 0.6 is 23.4 Å². The van der Waals surface area contributed by atoms with Gasteiger partial charge >= 0.3 is 5.69 Å². The summed E-state index contributed by atoms with van der Waals surface area (Å²) >= 11 is 7.17. The topological polar surface area (TPSA) is 67.8 Å². The lowest BCUT2D eigenvalue weighted by molar-refractivity contribution is 0.735. The third-order valence-electron chi connectivity index (χ3n) is 3.60.